The first kappa shape index (κ1) is 11.9. The van der Waals surface area contributed by atoms with Crippen LogP contribution >= 0.6 is 11.3 Å². The molecule has 1 aromatic carbocycles. The van der Waals surface area contributed by atoms with E-state index in [0.29, 0.717) is 6.04 Å². The summed E-state index contributed by atoms with van der Waals surface area (Å²) in [6, 6.07) is 7.32. The van der Waals surface area contributed by atoms with Gasteiger partial charge in [0, 0.05) is 23.7 Å². The molecule has 0 radical (unpaired) electrons. The summed E-state index contributed by atoms with van der Waals surface area (Å²) in [5.74, 6) is 0. The predicted octanol–water partition coefficient (Wildman–Crippen LogP) is 3.54. The van der Waals surface area contributed by atoms with Gasteiger partial charge in [-0.3, -0.25) is 0 Å². The zero-order chi connectivity index (χ0) is 12.5. The lowest BCUT2D eigenvalue weighted by molar-refractivity contribution is 0.529. The van der Waals surface area contributed by atoms with Crippen molar-refractivity contribution in [3.63, 3.8) is 0 Å². The van der Waals surface area contributed by atoms with E-state index in [-0.39, 0.29) is 0 Å². The van der Waals surface area contributed by atoms with Gasteiger partial charge in [0.2, 0.25) is 0 Å². The summed E-state index contributed by atoms with van der Waals surface area (Å²) in [6.07, 6.45) is 2.41. The molecule has 1 unspecified atom stereocenters. The SMILES string of the molecule is Cc1ccc2c(c1)C(NCc1nc(C)cs1)CC2. The van der Waals surface area contributed by atoms with Gasteiger partial charge in [0.1, 0.15) is 5.01 Å². The minimum atomic E-state index is 0.504. The molecule has 0 saturated carbocycles. The molecule has 0 spiro atoms. The Bertz CT molecular complexity index is 559. The van der Waals surface area contributed by atoms with Crippen LogP contribution in [0.1, 0.15) is 39.9 Å². The van der Waals surface area contributed by atoms with Crippen molar-refractivity contribution in [2.24, 2.45) is 0 Å². The number of benzene rings is 1. The summed E-state index contributed by atoms with van der Waals surface area (Å²) < 4.78 is 0. The van der Waals surface area contributed by atoms with Gasteiger partial charge in [-0.1, -0.05) is 23.8 Å². The fraction of sp³-hybridized carbons (Fsp3) is 0.400. The second kappa shape index (κ2) is 4.82. The number of thiazole rings is 1. The number of nitrogens with one attached hydrogen (secondary N) is 1. The molecule has 0 bridgehead atoms. The Morgan fingerprint density at radius 2 is 2.28 bits per heavy atom. The highest BCUT2D eigenvalue weighted by Crippen LogP contribution is 2.32. The van der Waals surface area contributed by atoms with E-state index in [1.165, 1.54) is 34.5 Å². The standard InChI is InChI=1S/C15H18N2S/c1-10-3-4-12-5-6-14(13(12)7-10)16-8-15-17-11(2)9-18-15/h3-4,7,9,14,16H,5-6,8H2,1-2H3. The Balaban J connectivity index is 1.71. The molecule has 1 atom stereocenters. The van der Waals surface area contributed by atoms with E-state index in [1.807, 2.05) is 6.92 Å². The average molecular weight is 258 g/mol. The Morgan fingerprint density at radius 3 is 3.06 bits per heavy atom. The maximum atomic E-state index is 4.50. The van der Waals surface area contributed by atoms with E-state index in [2.05, 4.69) is 40.8 Å². The molecule has 1 heterocycles. The Kier molecular flexibility index (Phi) is 3.18. The van der Waals surface area contributed by atoms with Crippen LogP contribution in [0.5, 0.6) is 0 Å². The van der Waals surface area contributed by atoms with Gasteiger partial charge in [-0.15, -0.1) is 11.3 Å². The molecule has 3 rings (SSSR count). The zero-order valence-electron chi connectivity index (χ0n) is 10.9. The summed E-state index contributed by atoms with van der Waals surface area (Å²) in [6.45, 7) is 5.10. The van der Waals surface area contributed by atoms with Gasteiger partial charge in [0.25, 0.3) is 0 Å². The van der Waals surface area contributed by atoms with Crippen LogP contribution < -0.4 is 5.32 Å². The van der Waals surface area contributed by atoms with E-state index in [1.54, 1.807) is 11.3 Å². The van der Waals surface area contributed by atoms with Gasteiger partial charge >= 0.3 is 0 Å². The summed E-state index contributed by atoms with van der Waals surface area (Å²) in [5, 5.41) is 6.95. The number of hydrogen-bond acceptors (Lipinski definition) is 3. The van der Waals surface area contributed by atoms with Crippen molar-refractivity contribution < 1.29 is 0 Å². The van der Waals surface area contributed by atoms with Crippen molar-refractivity contribution in [1.82, 2.24) is 10.3 Å². The van der Waals surface area contributed by atoms with Crippen LogP contribution in [0.4, 0.5) is 0 Å². The largest absolute Gasteiger partial charge is 0.304 e. The second-order valence-corrected chi connectivity index (χ2v) is 6.00. The van der Waals surface area contributed by atoms with E-state index in [0.717, 1.165) is 12.2 Å². The van der Waals surface area contributed by atoms with Gasteiger partial charge in [0.15, 0.2) is 0 Å². The van der Waals surface area contributed by atoms with Gasteiger partial charge in [-0.05, 0) is 37.8 Å². The van der Waals surface area contributed by atoms with Gasteiger partial charge in [-0.2, -0.15) is 0 Å². The fourth-order valence-electron chi connectivity index (χ4n) is 2.63. The van der Waals surface area contributed by atoms with E-state index >= 15 is 0 Å². The number of nitrogens with zero attached hydrogens (tertiary/aromatic N) is 1. The summed E-state index contributed by atoms with van der Waals surface area (Å²) in [7, 11) is 0. The van der Waals surface area contributed by atoms with Crippen molar-refractivity contribution in [3.8, 4) is 0 Å². The van der Waals surface area contributed by atoms with Crippen LogP contribution in [0, 0.1) is 13.8 Å². The quantitative estimate of drug-likeness (QED) is 0.911. The van der Waals surface area contributed by atoms with Crippen molar-refractivity contribution in [2.75, 3.05) is 0 Å². The Morgan fingerprint density at radius 1 is 1.39 bits per heavy atom. The molecule has 94 valence electrons. The van der Waals surface area contributed by atoms with Crippen molar-refractivity contribution >= 4 is 11.3 Å². The molecule has 1 N–H and O–H groups in total. The molecule has 1 aliphatic rings. The average Bonchev–Trinajstić information content (AvgIpc) is 2.93. The zero-order valence-corrected chi connectivity index (χ0v) is 11.7. The second-order valence-electron chi connectivity index (χ2n) is 5.06. The van der Waals surface area contributed by atoms with E-state index < -0.39 is 0 Å². The van der Waals surface area contributed by atoms with Gasteiger partial charge < -0.3 is 5.32 Å². The van der Waals surface area contributed by atoms with Crippen LogP contribution in [0.15, 0.2) is 23.6 Å². The fourth-order valence-corrected chi connectivity index (χ4v) is 3.35. The molecule has 2 aromatic rings. The number of aryl methyl sites for hydroxylation is 3. The molecule has 0 amide bonds. The first-order valence-corrected chi connectivity index (χ1v) is 7.34. The molecular formula is C15H18N2S. The molecule has 0 saturated heterocycles. The van der Waals surface area contributed by atoms with Crippen LogP contribution in [0.25, 0.3) is 0 Å². The van der Waals surface area contributed by atoms with E-state index in [4.69, 9.17) is 0 Å². The van der Waals surface area contributed by atoms with Crippen LogP contribution in [0.2, 0.25) is 0 Å². The molecule has 0 fully saturated rings. The monoisotopic (exact) mass is 258 g/mol. The molecule has 1 aromatic heterocycles. The van der Waals surface area contributed by atoms with Gasteiger partial charge in [-0.25, -0.2) is 4.98 Å². The van der Waals surface area contributed by atoms with Crippen LogP contribution in [0.3, 0.4) is 0 Å². The third kappa shape index (κ3) is 2.33. The molecule has 0 aliphatic heterocycles. The highest BCUT2D eigenvalue weighted by Gasteiger charge is 2.21. The topological polar surface area (TPSA) is 24.9 Å². The third-order valence-electron chi connectivity index (χ3n) is 3.55. The van der Waals surface area contributed by atoms with Crippen molar-refractivity contribution in [2.45, 2.75) is 39.3 Å². The van der Waals surface area contributed by atoms with E-state index in [9.17, 15) is 0 Å². The smallest absolute Gasteiger partial charge is 0.107 e. The highest BCUT2D eigenvalue weighted by molar-refractivity contribution is 7.09. The summed E-state index contributed by atoms with van der Waals surface area (Å²) in [5.41, 5.74) is 5.48. The first-order chi connectivity index (χ1) is 8.72. The Hall–Kier alpha value is -1.19. The highest BCUT2D eigenvalue weighted by atomic mass is 32.1. The number of hydrogen-bond donors (Lipinski definition) is 1. The predicted molar refractivity (Wildman–Crippen MR) is 75.9 cm³/mol. The molecular weight excluding hydrogens is 240 g/mol. The minimum absolute atomic E-state index is 0.504. The summed E-state index contributed by atoms with van der Waals surface area (Å²) in [4.78, 5) is 4.50. The molecule has 1 aliphatic carbocycles. The summed E-state index contributed by atoms with van der Waals surface area (Å²) >= 11 is 1.74. The molecule has 2 nitrogen and oxygen atoms in total. The molecule has 18 heavy (non-hydrogen) atoms. The lowest BCUT2D eigenvalue weighted by Gasteiger charge is -2.13. The third-order valence-corrected chi connectivity index (χ3v) is 4.51. The minimum Gasteiger partial charge on any atom is -0.304 e. The normalized spacial score (nSPS) is 18.0. The van der Waals surface area contributed by atoms with Gasteiger partial charge in [0.05, 0.1) is 0 Å². The lowest BCUT2D eigenvalue weighted by atomic mass is 10.1. The van der Waals surface area contributed by atoms with Crippen LogP contribution in [-0.4, -0.2) is 4.98 Å². The lowest BCUT2D eigenvalue weighted by Crippen LogP contribution is -2.18. The number of fused-ring (bicyclic) bond motifs is 1. The first-order valence-electron chi connectivity index (χ1n) is 6.46. The van der Waals surface area contributed by atoms with Crippen molar-refractivity contribution in [1.29, 1.82) is 0 Å². The molecule has 3 heteroatoms. The van der Waals surface area contributed by atoms with Crippen molar-refractivity contribution in [3.05, 3.63) is 51.0 Å². The Labute approximate surface area is 112 Å². The number of aromatic nitrogens is 1. The maximum absolute atomic E-state index is 4.50. The number of rotatable bonds is 3. The maximum Gasteiger partial charge on any atom is 0.107 e. The van der Waals surface area contributed by atoms with Crippen LogP contribution in [-0.2, 0) is 13.0 Å².